The minimum absolute atomic E-state index is 0.0647. The number of anilines is 1. The third-order valence-electron chi connectivity index (χ3n) is 4.16. The molecule has 0 aliphatic rings. The van der Waals surface area contributed by atoms with E-state index in [1.807, 2.05) is 5.38 Å². The monoisotopic (exact) mass is 431 g/mol. The second-order valence-electron chi connectivity index (χ2n) is 6.07. The first-order valence-electron chi connectivity index (χ1n) is 8.20. The molecule has 0 atom stereocenters. The maximum Gasteiger partial charge on any atom is 0.261 e. The quantitative estimate of drug-likeness (QED) is 0.475. The Kier molecular flexibility index (Phi) is 4.70. The Bertz CT molecular complexity index is 1290. The van der Waals surface area contributed by atoms with Gasteiger partial charge in [-0.1, -0.05) is 17.7 Å². The standard InChI is InChI=1S/C19H14ClN3O3S2/c1-12-17(23-9-10-27-19(23)21-12)18(24)13-5-7-15(8-6-13)22-28(25,26)16-4-2-3-14(20)11-16/h2-11,22H,1H3. The maximum atomic E-state index is 12.9. The average Bonchev–Trinajstić information content (AvgIpc) is 3.21. The molecule has 1 N–H and O–H groups in total. The molecule has 0 saturated heterocycles. The smallest absolute Gasteiger partial charge is 0.261 e. The van der Waals surface area contributed by atoms with Crippen molar-refractivity contribution in [3.05, 3.63) is 82.1 Å². The molecule has 2 aromatic heterocycles. The largest absolute Gasteiger partial charge is 0.287 e. The molecule has 0 radical (unpaired) electrons. The van der Waals surface area contributed by atoms with Gasteiger partial charge in [0.15, 0.2) is 4.96 Å². The summed E-state index contributed by atoms with van der Waals surface area (Å²) >= 11 is 7.32. The molecule has 28 heavy (non-hydrogen) atoms. The number of benzene rings is 2. The van der Waals surface area contributed by atoms with Crippen molar-refractivity contribution in [2.45, 2.75) is 11.8 Å². The Balaban J connectivity index is 1.60. The summed E-state index contributed by atoms with van der Waals surface area (Å²) < 4.78 is 29.2. The number of nitrogens with one attached hydrogen (secondary N) is 1. The normalized spacial score (nSPS) is 11.6. The zero-order chi connectivity index (χ0) is 19.9. The van der Waals surface area contributed by atoms with Crippen LogP contribution in [0.2, 0.25) is 5.02 Å². The van der Waals surface area contributed by atoms with Gasteiger partial charge in [0.05, 0.1) is 10.6 Å². The molecule has 0 aliphatic heterocycles. The van der Waals surface area contributed by atoms with Gasteiger partial charge in [0, 0.05) is 27.9 Å². The number of sulfonamides is 1. The molecule has 4 aromatic rings. The second kappa shape index (κ2) is 7.05. The van der Waals surface area contributed by atoms with E-state index in [1.165, 1.54) is 23.5 Å². The van der Waals surface area contributed by atoms with E-state index in [0.717, 1.165) is 4.96 Å². The van der Waals surface area contributed by atoms with Gasteiger partial charge in [-0.3, -0.25) is 13.9 Å². The number of nitrogens with zero attached hydrogens (tertiary/aromatic N) is 2. The molecule has 2 heterocycles. The predicted octanol–water partition coefficient (Wildman–Crippen LogP) is 4.39. The summed E-state index contributed by atoms with van der Waals surface area (Å²) in [5, 5.41) is 2.20. The van der Waals surface area contributed by atoms with E-state index in [4.69, 9.17) is 11.6 Å². The number of imidazole rings is 1. The van der Waals surface area contributed by atoms with Crippen LogP contribution in [0.15, 0.2) is 65.0 Å². The molecule has 9 heteroatoms. The first-order valence-corrected chi connectivity index (χ1v) is 10.9. The summed E-state index contributed by atoms with van der Waals surface area (Å²) in [5.74, 6) is -0.173. The van der Waals surface area contributed by atoms with Crippen LogP contribution in [0.5, 0.6) is 0 Å². The van der Waals surface area contributed by atoms with Crippen LogP contribution in [-0.4, -0.2) is 23.6 Å². The molecule has 6 nitrogen and oxygen atoms in total. The minimum Gasteiger partial charge on any atom is -0.287 e. The number of aryl methyl sites for hydroxylation is 1. The van der Waals surface area contributed by atoms with Crippen LogP contribution in [0.1, 0.15) is 21.7 Å². The number of halogens is 1. The second-order valence-corrected chi connectivity index (χ2v) is 9.06. The molecular formula is C19H14ClN3O3S2. The fraction of sp³-hybridized carbons (Fsp3) is 0.0526. The van der Waals surface area contributed by atoms with Gasteiger partial charge in [-0.15, -0.1) is 11.3 Å². The molecule has 0 unspecified atom stereocenters. The zero-order valence-electron chi connectivity index (χ0n) is 14.6. The van der Waals surface area contributed by atoms with E-state index >= 15 is 0 Å². The molecule has 0 bridgehead atoms. The third kappa shape index (κ3) is 3.42. The van der Waals surface area contributed by atoms with Crippen LogP contribution in [0, 0.1) is 6.92 Å². The highest BCUT2D eigenvalue weighted by Gasteiger charge is 2.19. The van der Waals surface area contributed by atoms with Crippen molar-refractivity contribution in [1.29, 1.82) is 0 Å². The van der Waals surface area contributed by atoms with Crippen LogP contribution in [-0.2, 0) is 10.0 Å². The van der Waals surface area contributed by atoms with Crippen molar-refractivity contribution in [3.63, 3.8) is 0 Å². The fourth-order valence-corrected chi connectivity index (χ4v) is 4.96. The van der Waals surface area contributed by atoms with Gasteiger partial charge in [-0.25, -0.2) is 13.4 Å². The highest BCUT2D eigenvalue weighted by Crippen LogP contribution is 2.22. The number of aromatic nitrogens is 2. The first kappa shape index (κ1) is 18.7. The molecule has 0 aliphatic carbocycles. The third-order valence-corrected chi connectivity index (χ3v) is 6.53. The van der Waals surface area contributed by atoms with Gasteiger partial charge in [0.2, 0.25) is 5.78 Å². The number of hydrogen-bond donors (Lipinski definition) is 1. The summed E-state index contributed by atoms with van der Waals surface area (Å²) in [7, 11) is -3.77. The lowest BCUT2D eigenvalue weighted by Crippen LogP contribution is -2.13. The lowest BCUT2D eigenvalue weighted by atomic mass is 10.1. The Hall–Kier alpha value is -2.68. The summed E-state index contributed by atoms with van der Waals surface area (Å²) in [4.78, 5) is 18.1. The Morgan fingerprint density at radius 1 is 1.18 bits per heavy atom. The van der Waals surface area contributed by atoms with Crippen molar-refractivity contribution in [2.75, 3.05) is 4.72 Å². The average molecular weight is 432 g/mol. The number of fused-ring (bicyclic) bond motifs is 1. The molecule has 0 spiro atoms. The highest BCUT2D eigenvalue weighted by atomic mass is 35.5. The SMILES string of the molecule is Cc1nc2sccn2c1C(=O)c1ccc(NS(=O)(=O)c2cccc(Cl)c2)cc1. The Morgan fingerprint density at radius 3 is 2.64 bits per heavy atom. The molecule has 4 rings (SSSR count). The first-order chi connectivity index (χ1) is 13.3. The number of rotatable bonds is 5. The summed E-state index contributed by atoms with van der Waals surface area (Å²) in [6, 6.07) is 12.3. The van der Waals surface area contributed by atoms with Crippen LogP contribution in [0.25, 0.3) is 4.96 Å². The Morgan fingerprint density at radius 2 is 1.93 bits per heavy atom. The lowest BCUT2D eigenvalue weighted by molar-refractivity contribution is 0.103. The molecular weight excluding hydrogens is 418 g/mol. The fourth-order valence-electron chi connectivity index (χ4n) is 2.84. The van der Waals surface area contributed by atoms with Crippen LogP contribution >= 0.6 is 22.9 Å². The number of hydrogen-bond acceptors (Lipinski definition) is 5. The summed E-state index contributed by atoms with van der Waals surface area (Å²) in [5.41, 5.74) is 1.95. The van der Waals surface area contributed by atoms with E-state index in [9.17, 15) is 13.2 Å². The Labute approximate surface area is 170 Å². The van der Waals surface area contributed by atoms with Gasteiger partial charge in [-0.2, -0.15) is 0 Å². The molecule has 2 aromatic carbocycles. The number of ketones is 1. The predicted molar refractivity (Wildman–Crippen MR) is 110 cm³/mol. The molecule has 0 saturated carbocycles. The van der Waals surface area contributed by atoms with E-state index in [1.54, 1.807) is 53.9 Å². The summed E-state index contributed by atoms with van der Waals surface area (Å²) in [6.45, 7) is 1.79. The minimum atomic E-state index is -3.77. The zero-order valence-corrected chi connectivity index (χ0v) is 17.0. The van der Waals surface area contributed by atoms with Crippen molar-refractivity contribution in [2.24, 2.45) is 0 Å². The van der Waals surface area contributed by atoms with Crippen molar-refractivity contribution >= 4 is 49.4 Å². The number of thiazole rings is 1. The van der Waals surface area contributed by atoms with Crippen LogP contribution in [0.3, 0.4) is 0 Å². The van der Waals surface area contributed by atoms with Crippen molar-refractivity contribution < 1.29 is 13.2 Å². The van der Waals surface area contributed by atoms with Gasteiger partial charge in [0.25, 0.3) is 10.0 Å². The van der Waals surface area contributed by atoms with Gasteiger partial charge in [0.1, 0.15) is 5.69 Å². The number of carbonyl (C=O) groups excluding carboxylic acids is 1. The van der Waals surface area contributed by atoms with Crippen molar-refractivity contribution in [1.82, 2.24) is 9.38 Å². The lowest BCUT2D eigenvalue weighted by Gasteiger charge is -2.09. The van der Waals surface area contributed by atoms with E-state index in [-0.39, 0.29) is 10.7 Å². The van der Waals surface area contributed by atoms with Crippen LogP contribution in [0.4, 0.5) is 5.69 Å². The molecule has 142 valence electrons. The topological polar surface area (TPSA) is 80.5 Å². The number of carbonyl (C=O) groups is 1. The van der Waals surface area contributed by atoms with E-state index < -0.39 is 10.0 Å². The van der Waals surface area contributed by atoms with Gasteiger partial charge in [-0.05, 0) is 49.4 Å². The van der Waals surface area contributed by atoms with Crippen LogP contribution < -0.4 is 4.72 Å². The maximum absolute atomic E-state index is 12.9. The highest BCUT2D eigenvalue weighted by molar-refractivity contribution is 7.92. The molecule has 0 amide bonds. The molecule has 0 fully saturated rings. The van der Waals surface area contributed by atoms with Gasteiger partial charge >= 0.3 is 0 Å². The summed E-state index contributed by atoms with van der Waals surface area (Å²) in [6.07, 6.45) is 1.81. The van der Waals surface area contributed by atoms with E-state index in [2.05, 4.69) is 9.71 Å². The van der Waals surface area contributed by atoms with Gasteiger partial charge < -0.3 is 0 Å². The van der Waals surface area contributed by atoms with E-state index in [0.29, 0.717) is 27.7 Å². The van der Waals surface area contributed by atoms with Crippen molar-refractivity contribution in [3.8, 4) is 0 Å².